The Morgan fingerprint density at radius 3 is 2.71 bits per heavy atom. The zero-order chi connectivity index (χ0) is 16.7. The van der Waals surface area contributed by atoms with E-state index in [4.69, 9.17) is 0 Å². The first-order valence-electron chi connectivity index (χ1n) is 7.27. The third-order valence-electron chi connectivity index (χ3n) is 3.54. The molecule has 122 valence electrons. The van der Waals surface area contributed by atoms with Gasteiger partial charge in [0.1, 0.15) is 5.69 Å². The fourth-order valence-electron chi connectivity index (χ4n) is 2.43. The Bertz CT molecular complexity index is 1050. The average molecular weight is 376 g/mol. The molecule has 1 N–H and O–H groups in total. The van der Waals surface area contributed by atoms with Crippen molar-refractivity contribution in [2.24, 2.45) is 0 Å². The van der Waals surface area contributed by atoms with Crippen LogP contribution in [0.5, 0.6) is 0 Å². The van der Waals surface area contributed by atoms with Crippen LogP contribution in [-0.2, 0) is 6.54 Å². The molecule has 1 aromatic carbocycles. The van der Waals surface area contributed by atoms with Gasteiger partial charge >= 0.3 is 0 Å². The molecule has 0 aliphatic rings. The lowest BCUT2D eigenvalue weighted by Crippen LogP contribution is -2.17. The zero-order valence-electron chi connectivity index (χ0n) is 12.9. The molecule has 4 rings (SSSR count). The largest absolute Gasteiger partial charge is 0.296 e. The van der Waals surface area contributed by atoms with E-state index < -0.39 is 0 Å². The van der Waals surface area contributed by atoms with Gasteiger partial charge in [0.25, 0.3) is 5.91 Å². The van der Waals surface area contributed by atoms with Crippen LogP contribution in [0, 0.1) is 0 Å². The number of hydrogen-bond acceptors (Lipinski definition) is 7. The highest BCUT2D eigenvalue weighted by atomic mass is 32.2. The van der Waals surface area contributed by atoms with Crippen molar-refractivity contribution < 1.29 is 4.79 Å². The molecule has 0 aliphatic carbocycles. The number of carbonyl (C=O) groups is 1. The second kappa shape index (κ2) is 6.15. The molecule has 4 aromatic rings. The van der Waals surface area contributed by atoms with Gasteiger partial charge in [0.15, 0.2) is 9.47 Å². The maximum atomic E-state index is 12.4. The van der Waals surface area contributed by atoms with Crippen LogP contribution in [0.25, 0.3) is 20.4 Å². The highest BCUT2D eigenvalue weighted by molar-refractivity contribution is 8.00. The number of rotatable bonds is 4. The summed E-state index contributed by atoms with van der Waals surface area (Å²) in [5, 5.41) is 7.59. The first-order chi connectivity index (χ1) is 11.7. The molecular weight excluding hydrogens is 362 g/mol. The first kappa shape index (κ1) is 15.6. The van der Waals surface area contributed by atoms with Gasteiger partial charge in [0.05, 0.1) is 20.4 Å². The van der Waals surface area contributed by atoms with Gasteiger partial charge in [-0.3, -0.25) is 14.8 Å². The maximum absolute atomic E-state index is 12.4. The zero-order valence-corrected chi connectivity index (χ0v) is 15.4. The summed E-state index contributed by atoms with van der Waals surface area (Å²) in [7, 11) is 0. The van der Waals surface area contributed by atoms with Gasteiger partial charge in [-0.1, -0.05) is 23.1 Å². The summed E-state index contributed by atoms with van der Waals surface area (Å²) >= 11 is 4.77. The molecule has 0 atom stereocenters. The minimum absolute atomic E-state index is 0.196. The lowest BCUT2D eigenvalue weighted by atomic mass is 10.3. The van der Waals surface area contributed by atoms with Gasteiger partial charge in [-0.05, 0) is 31.4 Å². The molecule has 3 aromatic heterocycles. The number of nitrogens with one attached hydrogen (secondary N) is 1. The summed E-state index contributed by atoms with van der Waals surface area (Å²) in [5.74, 6) is -0.196. The molecule has 9 heteroatoms. The van der Waals surface area contributed by atoms with E-state index in [0.29, 0.717) is 17.4 Å². The number of aromatic nitrogens is 4. The normalized spacial score (nSPS) is 11.4. The van der Waals surface area contributed by atoms with Gasteiger partial charge in [0, 0.05) is 12.7 Å². The van der Waals surface area contributed by atoms with Gasteiger partial charge < -0.3 is 0 Å². The van der Waals surface area contributed by atoms with Crippen LogP contribution in [0.1, 0.15) is 17.4 Å². The lowest BCUT2D eigenvalue weighted by Gasteiger charge is -2.03. The number of hydrogen-bond donors (Lipinski definition) is 1. The summed E-state index contributed by atoms with van der Waals surface area (Å²) in [6.07, 6.45) is 3.64. The molecule has 0 saturated heterocycles. The predicted octanol–water partition coefficient (Wildman–Crippen LogP) is 4.10. The maximum Gasteiger partial charge on any atom is 0.275 e. The molecule has 0 aliphatic heterocycles. The van der Waals surface area contributed by atoms with E-state index in [-0.39, 0.29) is 5.91 Å². The van der Waals surface area contributed by atoms with Crippen LogP contribution in [0.15, 0.2) is 28.7 Å². The number of carbonyl (C=O) groups excluding carboxylic acids is 1. The van der Waals surface area contributed by atoms with Crippen molar-refractivity contribution in [3.8, 4) is 0 Å². The topological polar surface area (TPSA) is 72.7 Å². The van der Waals surface area contributed by atoms with Crippen LogP contribution >= 0.6 is 34.4 Å². The molecular formula is C15H13N5OS3. The number of aryl methyl sites for hydroxylation is 1. The fraction of sp³-hybridized carbons (Fsp3) is 0.200. The first-order valence-corrected chi connectivity index (χ1v) is 10.1. The van der Waals surface area contributed by atoms with Crippen molar-refractivity contribution in [1.29, 1.82) is 0 Å². The number of benzene rings is 1. The van der Waals surface area contributed by atoms with Crippen molar-refractivity contribution in [3.05, 3.63) is 30.1 Å². The van der Waals surface area contributed by atoms with Crippen molar-refractivity contribution in [2.45, 2.75) is 17.8 Å². The predicted molar refractivity (Wildman–Crippen MR) is 100 cm³/mol. The van der Waals surface area contributed by atoms with Crippen LogP contribution in [0.3, 0.4) is 0 Å². The quantitative estimate of drug-likeness (QED) is 0.544. The molecule has 1 amide bonds. The summed E-state index contributed by atoms with van der Waals surface area (Å²) in [4.78, 5) is 21.5. The SMILES string of the molecule is CCn1nccc1C(=O)Nc1nc2ccc3nc(SC)sc3c2s1. The smallest absolute Gasteiger partial charge is 0.275 e. The molecule has 0 saturated carbocycles. The minimum Gasteiger partial charge on any atom is -0.296 e. The second-order valence-corrected chi connectivity index (χ2v) is 8.00. The van der Waals surface area contributed by atoms with E-state index in [9.17, 15) is 4.79 Å². The van der Waals surface area contributed by atoms with Crippen LogP contribution in [0.4, 0.5) is 5.13 Å². The van der Waals surface area contributed by atoms with Crippen LogP contribution < -0.4 is 5.32 Å². The summed E-state index contributed by atoms with van der Waals surface area (Å²) in [6.45, 7) is 2.60. The number of thioether (sulfide) groups is 1. The van der Waals surface area contributed by atoms with Crippen LogP contribution in [-0.4, -0.2) is 31.9 Å². The highest BCUT2D eigenvalue weighted by Crippen LogP contribution is 2.38. The summed E-state index contributed by atoms with van der Waals surface area (Å²) in [5.41, 5.74) is 2.38. The van der Waals surface area contributed by atoms with Crippen molar-refractivity contribution in [3.63, 3.8) is 0 Å². The molecule has 3 heterocycles. The molecule has 0 bridgehead atoms. The summed E-state index contributed by atoms with van der Waals surface area (Å²) < 4.78 is 4.87. The highest BCUT2D eigenvalue weighted by Gasteiger charge is 2.16. The molecule has 24 heavy (non-hydrogen) atoms. The number of nitrogens with zero attached hydrogens (tertiary/aromatic N) is 4. The Morgan fingerprint density at radius 2 is 1.96 bits per heavy atom. The van der Waals surface area contributed by atoms with E-state index in [1.807, 2.05) is 25.3 Å². The third kappa shape index (κ3) is 2.58. The Hall–Kier alpha value is -1.97. The molecule has 0 radical (unpaired) electrons. The third-order valence-corrected chi connectivity index (χ3v) is 6.74. The van der Waals surface area contributed by atoms with Crippen LogP contribution in [0.2, 0.25) is 0 Å². The van der Waals surface area contributed by atoms with Crippen molar-refractivity contribution >= 4 is 65.9 Å². The molecule has 0 unspecified atom stereocenters. The molecule has 6 nitrogen and oxygen atoms in total. The Kier molecular flexibility index (Phi) is 3.99. The number of fused-ring (bicyclic) bond motifs is 3. The van der Waals surface area contributed by atoms with E-state index >= 15 is 0 Å². The number of anilines is 1. The van der Waals surface area contributed by atoms with E-state index in [1.165, 1.54) is 11.3 Å². The monoisotopic (exact) mass is 375 g/mol. The van der Waals surface area contributed by atoms with Crippen molar-refractivity contribution in [2.75, 3.05) is 11.6 Å². The lowest BCUT2D eigenvalue weighted by molar-refractivity contribution is 0.101. The van der Waals surface area contributed by atoms with Crippen molar-refractivity contribution in [1.82, 2.24) is 19.7 Å². The standard InChI is InChI=1S/C15H13N5OS3/c1-3-20-10(6-7-16-20)13(21)19-14-17-8-4-5-9-12(11(8)23-14)24-15(18-9)22-2/h4-7H,3H2,1-2H3,(H,17,19,21). The number of thiazole rings is 2. The van der Waals surface area contributed by atoms with Gasteiger partial charge in [-0.25, -0.2) is 9.97 Å². The van der Waals surface area contributed by atoms with Gasteiger partial charge in [-0.2, -0.15) is 5.10 Å². The van der Waals surface area contributed by atoms with E-state index in [2.05, 4.69) is 20.4 Å². The van der Waals surface area contributed by atoms with E-state index in [1.54, 1.807) is 40.0 Å². The molecule has 0 spiro atoms. The Morgan fingerprint density at radius 1 is 1.21 bits per heavy atom. The Labute approximate surface area is 149 Å². The van der Waals surface area contributed by atoms with E-state index in [0.717, 1.165) is 24.8 Å². The summed E-state index contributed by atoms with van der Waals surface area (Å²) in [6, 6.07) is 5.63. The van der Waals surface area contributed by atoms with Gasteiger partial charge in [0.2, 0.25) is 0 Å². The number of amides is 1. The minimum atomic E-state index is -0.196. The second-order valence-electron chi connectivity index (χ2n) is 4.95. The fourth-order valence-corrected chi connectivity index (χ4v) is 5.09. The average Bonchev–Trinajstić information content (AvgIpc) is 3.30. The molecule has 0 fully saturated rings. The van der Waals surface area contributed by atoms with Gasteiger partial charge in [-0.15, -0.1) is 11.3 Å². The Balaban J connectivity index is 1.71.